The van der Waals surface area contributed by atoms with E-state index in [1.54, 1.807) is 23.1 Å². The highest BCUT2D eigenvalue weighted by Gasteiger charge is 2.22. The average molecular weight is 289 g/mol. The number of aliphatic hydroxyl groups is 1. The molecule has 18 heavy (non-hydrogen) atoms. The number of hydrogen-bond donors (Lipinski definition) is 2. The molecule has 0 unspecified atom stereocenters. The lowest BCUT2D eigenvalue weighted by molar-refractivity contribution is 0.0883. The fraction of sp³-hybridized carbons (Fsp3) is 0.417. The van der Waals surface area contributed by atoms with Crippen molar-refractivity contribution in [2.75, 3.05) is 18.4 Å². The van der Waals surface area contributed by atoms with Crippen molar-refractivity contribution in [2.24, 2.45) is 0 Å². The van der Waals surface area contributed by atoms with Crippen molar-refractivity contribution in [1.29, 1.82) is 0 Å². The number of β-amino-alcohol motifs (C(OH)–C–C–N with tert-alkyl or cyclic N) is 1. The van der Waals surface area contributed by atoms with E-state index in [4.69, 9.17) is 23.2 Å². The van der Waals surface area contributed by atoms with Crippen LogP contribution >= 0.6 is 23.2 Å². The maximum atomic E-state index is 11.9. The van der Waals surface area contributed by atoms with E-state index in [-0.39, 0.29) is 6.03 Å². The van der Waals surface area contributed by atoms with E-state index in [1.807, 2.05) is 0 Å². The zero-order chi connectivity index (χ0) is 13.1. The molecule has 0 spiro atoms. The molecule has 0 radical (unpaired) electrons. The molecule has 0 bridgehead atoms. The highest BCUT2D eigenvalue weighted by molar-refractivity contribution is 6.42. The maximum absolute atomic E-state index is 11.9. The third-order valence-corrected chi connectivity index (χ3v) is 3.59. The lowest BCUT2D eigenvalue weighted by Gasteiger charge is -2.30. The summed E-state index contributed by atoms with van der Waals surface area (Å²) in [6.45, 7) is 1.03. The molecule has 1 saturated heterocycles. The van der Waals surface area contributed by atoms with E-state index in [0.717, 1.165) is 12.8 Å². The summed E-state index contributed by atoms with van der Waals surface area (Å²) in [5.41, 5.74) is 0.592. The molecular weight excluding hydrogens is 275 g/mol. The van der Waals surface area contributed by atoms with Crippen molar-refractivity contribution in [1.82, 2.24) is 4.90 Å². The van der Waals surface area contributed by atoms with Gasteiger partial charge in [0.25, 0.3) is 0 Å². The number of amides is 2. The first kappa shape index (κ1) is 13.5. The van der Waals surface area contributed by atoms with Crippen LogP contribution in [0.25, 0.3) is 0 Å². The van der Waals surface area contributed by atoms with Crippen molar-refractivity contribution in [3.63, 3.8) is 0 Å². The molecule has 2 amide bonds. The minimum Gasteiger partial charge on any atom is -0.391 e. The van der Waals surface area contributed by atoms with E-state index in [1.165, 1.54) is 0 Å². The van der Waals surface area contributed by atoms with Crippen LogP contribution in [0, 0.1) is 0 Å². The number of aliphatic hydroxyl groups excluding tert-OH is 1. The van der Waals surface area contributed by atoms with Gasteiger partial charge in [-0.2, -0.15) is 0 Å². The van der Waals surface area contributed by atoms with Crippen LogP contribution < -0.4 is 5.32 Å². The number of piperidine rings is 1. The zero-order valence-corrected chi connectivity index (χ0v) is 11.2. The molecule has 1 aliphatic rings. The number of hydrogen-bond acceptors (Lipinski definition) is 2. The Labute approximate surface area is 115 Å². The maximum Gasteiger partial charge on any atom is 0.321 e. The molecule has 1 fully saturated rings. The molecule has 98 valence electrons. The molecule has 0 aliphatic carbocycles. The first-order valence-corrected chi connectivity index (χ1v) is 6.51. The van der Waals surface area contributed by atoms with E-state index in [2.05, 4.69) is 5.32 Å². The summed E-state index contributed by atoms with van der Waals surface area (Å²) in [5.74, 6) is 0. The Bertz CT molecular complexity index is 454. The van der Waals surface area contributed by atoms with Crippen LogP contribution in [0.5, 0.6) is 0 Å². The second-order valence-electron chi connectivity index (χ2n) is 4.30. The van der Waals surface area contributed by atoms with Crippen molar-refractivity contribution in [3.05, 3.63) is 28.2 Å². The predicted octanol–water partition coefficient (Wildman–Crippen LogP) is 2.98. The number of nitrogens with zero attached hydrogens (tertiary/aromatic N) is 1. The molecule has 0 aromatic heterocycles. The molecule has 1 atom stereocenters. The molecule has 0 saturated carbocycles. The Hall–Kier alpha value is -0.970. The minimum atomic E-state index is -0.432. The number of rotatable bonds is 1. The number of carbonyl (C=O) groups excluding carboxylic acids is 1. The van der Waals surface area contributed by atoms with Crippen molar-refractivity contribution in [3.8, 4) is 0 Å². The van der Waals surface area contributed by atoms with Gasteiger partial charge in [-0.3, -0.25) is 0 Å². The lowest BCUT2D eigenvalue weighted by atomic mass is 10.1. The Morgan fingerprint density at radius 3 is 2.83 bits per heavy atom. The standard InChI is InChI=1S/C12H14Cl2N2O2/c13-10-4-3-8(6-11(10)14)15-12(18)16-5-1-2-9(17)7-16/h3-4,6,9,17H,1-2,5,7H2,(H,15,18)/t9-/m0/s1. The summed E-state index contributed by atoms with van der Waals surface area (Å²) < 4.78 is 0. The summed E-state index contributed by atoms with van der Waals surface area (Å²) >= 11 is 11.7. The van der Waals surface area contributed by atoms with Crippen molar-refractivity contribution >= 4 is 34.9 Å². The van der Waals surface area contributed by atoms with Gasteiger partial charge >= 0.3 is 6.03 Å². The van der Waals surface area contributed by atoms with Gasteiger partial charge in [0.1, 0.15) is 0 Å². The molecule has 6 heteroatoms. The Balaban J connectivity index is 2.00. The van der Waals surface area contributed by atoms with Crippen LogP contribution in [0.15, 0.2) is 18.2 Å². The molecule has 1 aliphatic heterocycles. The van der Waals surface area contributed by atoms with E-state index in [9.17, 15) is 9.90 Å². The normalized spacial score (nSPS) is 19.7. The lowest BCUT2D eigenvalue weighted by Crippen LogP contribution is -2.44. The van der Waals surface area contributed by atoms with Crippen LogP contribution in [0.3, 0.4) is 0 Å². The smallest absolute Gasteiger partial charge is 0.321 e. The Morgan fingerprint density at radius 1 is 1.39 bits per heavy atom. The average Bonchev–Trinajstić information content (AvgIpc) is 2.34. The number of likely N-dealkylation sites (tertiary alicyclic amines) is 1. The Morgan fingerprint density at radius 2 is 2.17 bits per heavy atom. The predicted molar refractivity (Wildman–Crippen MR) is 72.3 cm³/mol. The highest BCUT2D eigenvalue weighted by Crippen LogP contribution is 2.25. The summed E-state index contributed by atoms with van der Waals surface area (Å²) in [4.78, 5) is 13.5. The summed E-state index contributed by atoms with van der Waals surface area (Å²) in [7, 11) is 0. The quantitative estimate of drug-likeness (QED) is 0.835. The molecule has 1 aromatic rings. The fourth-order valence-electron chi connectivity index (χ4n) is 1.92. The van der Waals surface area contributed by atoms with Crippen LogP contribution in [0.1, 0.15) is 12.8 Å². The van der Waals surface area contributed by atoms with Gasteiger partial charge in [0.2, 0.25) is 0 Å². The second-order valence-corrected chi connectivity index (χ2v) is 5.12. The number of benzene rings is 1. The fourth-order valence-corrected chi connectivity index (χ4v) is 2.21. The van der Waals surface area contributed by atoms with E-state index >= 15 is 0 Å². The van der Waals surface area contributed by atoms with Gasteiger partial charge in [-0.1, -0.05) is 23.2 Å². The third-order valence-electron chi connectivity index (χ3n) is 2.85. The van der Waals surface area contributed by atoms with E-state index in [0.29, 0.717) is 28.8 Å². The van der Waals surface area contributed by atoms with Crippen LogP contribution in [-0.2, 0) is 0 Å². The number of carbonyl (C=O) groups is 1. The topological polar surface area (TPSA) is 52.6 Å². The van der Waals surface area contributed by atoms with Gasteiger partial charge in [-0.25, -0.2) is 4.79 Å². The van der Waals surface area contributed by atoms with Crippen LogP contribution in [0.2, 0.25) is 10.0 Å². The van der Waals surface area contributed by atoms with Gasteiger partial charge in [-0.05, 0) is 31.0 Å². The zero-order valence-electron chi connectivity index (χ0n) is 9.70. The monoisotopic (exact) mass is 288 g/mol. The highest BCUT2D eigenvalue weighted by atomic mass is 35.5. The number of nitrogens with one attached hydrogen (secondary N) is 1. The third kappa shape index (κ3) is 3.28. The minimum absolute atomic E-state index is 0.230. The molecule has 1 heterocycles. The first-order valence-electron chi connectivity index (χ1n) is 5.75. The first-order chi connectivity index (χ1) is 8.56. The van der Waals surface area contributed by atoms with Gasteiger partial charge < -0.3 is 15.3 Å². The van der Waals surface area contributed by atoms with E-state index < -0.39 is 6.10 Å². The molecule has 1 aromatic carbocycles. The van der Waals surface area contributed by atoms with Gasteiger partial charge in [0, 0.05) is 18.8 Å². The Kier molecular flexibility index (Phi) is 4.32. The molecule has 4 nitrogen and oxygen atoms in total. The van der Waals surface area contributed by atoms with Crippen molar-refractivity contribution < 1.29 is 9.90 Å². The van der Waals surface area contributed by atoms with Crippen LogP contribution in [-0.4, -0.2) is 35.2 Å². The van der Waals surface area contributed by atoms with Gasteiger partial charge in [0.15, 0.2) is 0 Å². The van der Waals surface area contributed by atoms with Gasteiger partial charge in [0.05, 0.1) is 16.1 Å². The summed E-state index contributed by atoms with van der Waals surface area (Å²) in [6.07, 6.45) is 1.13. The summed E-state index contributed by atoms with van der Waals surface area (Å²) in [5, 5.41) is 13.1. The largest absolute Gasteiger partial charge is 0.391 e. The number of urea groups is 1. The summed E-state index contributed by atoms with van der Waals surface area (Å²) in [6, 6.07) is 4.69. The molecule has 2 N–H and O–H groups in total. The molecular formula is C12H14Cl2N2O2. The SMILES string of the molecule is O=C(Nc1ccc(Cl)c(Cl)c1)N1CCC[C@H](O)C1. The molecule has 2 rings (SSSR count). The van der Waals surface area contributed by atoms with Crippen molar-refractivity contribution in [2.45, 2.75) is 18.9 Å². The number of anilines is 1. The number of halogens is 2. The second kappa shape index (κ2) is 5.78. The van der Waals surface area contributed by atoms with Gasteiger partial charge in [-0.15, -0.1) is 0 Å². The van der Waals surface area contributed by atoms with Crippen LogP contribution in [0.4, 0.5) is 10.5 Å².